The quantitative estimate of drug-likeness (QED) is 0.764. The lowest BCUT2D eigenvalue weighted by Crippen LogP contribution is -2.27. The molecule has 2 rings (SSSR count). The fourth-order valence-corrected chi connectivity index (χ4v) is 2.27. The van der Waals surface area contributed by atoms with E-state index in [1.807, 2.05) is 0 Å². The van der Waals surface area contributed by atoms with Gasteiger partial charge in [0.15, 0.2) is 0 Å². The van der Waals surface area contributed by atoms with E-state index in [0.717, 1.165) is 18.5 Å². The lowest BCUT2D eigenvalue weighted by molar-refractivity contribution is 0.0596. The first kappa shape index (κ1) is 11.1. The van der Waals surface area contributed by atoms with Gasteiger partial charge in [-0.3, -0.25) is 4.68 Å². The van der Waals surface area contributed by atoms with Crippen molar-refractivity contribution in [1.29, 1.82) is 0 Å². The first-order chi connectivity index (χ1) is 7.53. The Morgan fingerprint density at radius 3 is 2.75 bits per heavy atom. The summed E-state index contributed by atoms with van der Waals surface area (Å²) in [5.74, 6) is -0.393. The summed E-state index contributed by atoms with van der Waals surface area (Å²) < 4.78 is 6.38. The highest BCUT2D eigenvalue weighted by atomic mass is 16.5. The van der Waals surface area contributed by atoms with Gasteiger partial charge in [0.2, 0.25) is 0 Å². The molecule has 88 valence electrons. The van der Waals surface area contributed by atoms with Gasteiger partial charge < -0.3 is 9.84 Å². The van der Waals surface area contributed by atoms with Gasteiger partial charge in [-0.05, 0) is 19.8 Å². The molecule has 1 aliphatic rings. The third-order valence-corrected chi connectivity index (χ3v) is 3.40. The van der Waals surface area contributed by atoms with Crippen LogP contribution in [0.3, 0.4) is 0 Å². The first-order valence-corrected chi connectivity index (χ1v) is 5.32. The molecule has 1 aromatic rings. The molecule has 1 unspecified atom stereocenters. The molecule has 1 aliphatic carbocycles. The predicted molar refractivity (Wildman–Crippen MR) is 57.1 cm³/mol. The molecular weight excluding hydrogens is 208 g/mol. The van der Waals surface area contributed by atoms with Gasteiger partial charge in [-0.25, -0.2) is 4.79 Å². The number of aliphatic hydroxyl groups is 1. The summed E-state index contributed by atoms with van der Waals surface area (Å²) >= 11 is 0. The van der Waals surface area contributed by atoms with Gasteiger partial charge in [0.05, 0.1) is 25.1 Å². The van der Waals surface area contributed by atoms with Crippen molar-refractivity contribution in [1.82, 2.24) is 9.78 Å². The maximum absolute atomic E-state index is 11.6. The summed E-state index contributed by atoms with van der Waals surface area (Å²) in [6, 6.07) is 0. The van der Waals surface area contributed by atoms with E-state index in [4.69, 9.17) is 4.74 Å². The fraction of sp³-hybridized carbons (Fsp3) is 0.636. The zero-order valence-electron chi connectivity index (χ0n) is 9.73. The molecule has 1 atom stereocenters. The third-order valence-electron chi connectivity index (χ3n) is 3.40. The summed E-state index contributed by atoms with van der Waals surface area (Å²) in [6.07, 6.45) is 2.79. The number of nitrogens with zero attached hydrogens (tertiary/aromatic N) is 2. The summed E-state index contributed by atoms with van der Waals surface area (Å²) in [6.45, 7) is 1.75. The Morgan fingerprint density at radius 1 is 1.69 bits per heavy atom. The van der Waals surface area contributed by atoms with Gasteiger partial charge in [-0.2, -0.15) is 5.10 Å². The van der Waals surface area contributed by atoms with E-state index in [2.05, 4.69) is 5.10 Å². The molecule has 1 saturated carbocycles. The highest BCUT2D eigenvalue weighted by Gasteiger charge is 2.52. The molecule has 16 heavy (non-hydrogen) atoms. The zero-order chi connectivity index (χ0) is 11.9. The van der Waals surface area contributed by atoms with E-state index < -0.39 is 12.1 Å². The minimum absolute atomic E-state index is 0.311. The highest BCUT2D eigenvalue weighted by molar-refractivity contribution is 5.91. The van der Waals surface area contributed by atoms with Crippen LogP contribution in [0.5, 0.6) is 0 Å². The number of aliphatic hydroxyl groups excluding tert-OH is 1. The topological polar surface area (TPSA) is 64.3 Å². The van der Waals surface area contributed by atoms with Crippen molar-refractivity contribution < 1.29 is 14.6 Å². The van der Waals surface area contributed by atoms with Gasteiger partial charge in [0.1, 0.15) is 5.56 Å². The maximum atomic E-state index is 11.6. The predicted octanol–water partition coefficient (Wildman–Crippen LogP) is 0.619. The van der Waals surface area contributed by atoms with Crippen molar-refractivity contribution in [2.75, 3.05) is 7.11 Å². The molecule has 5 nitrogen and oxygen atoms in total. The SMILES string of the molecule is COC(=O)c1cnn(C)c1C1(C(C)O)CC1. The van der Waals surface area contributed by atoms with Gasteiger partial charge in [-0.1, -0.05) is 0 Å². The number of carbonyl (C=O) groups excluding carboxylic acids is 1. The highest BCUT2D eigenvalue weighted by Crippen LogP contribution is 2.51. The second-order valence-electron chi connectivity index (χ2n) is 4.35. The molecule has 0 aliphatic heterocycles. The molecule has 1 fully saturated rings. The molecule has 0 amide bonds. The van der Waals surface area contributed by atoms with Crippen LogP contribution in [0.4, 0.5) is 0 Å². The fourth-order valence-electron chi connectivity index (χ4n) is 2.27. The lowest BCUT2D eigenvalue weighted by atomic mass is 9.93. The van der Waals surface area contributed by atoms with Crippen LogP contribution in [0, 0.1) is 0 Å². The number of carbonyl (C=O) groups is 1. The molecular formula is C11H16N2O3. The molecule has 1 heterocycles. The molecule has 0 spiro atoms. The second kappa shape index (κ2) is 3.59. The van der Waals surface area contributed by atoms with E-state index >= 15 is 0 Å². The van der Waals surface area contributed by atoms with Crippen molar-refractivity contribution >= 4 is 5.97 Å². The van der Waals surface area contributed by atoms with Crippen molar-refractivity contribution in [3.63, 3.8) is 0 Å². The zero-order valence-corrected chi connectivity index (χ0v) is 9.73. The summed E-state index contributed by atoms with van der Waals surface area (Å²) in [4.78, 5) is 11.6. The Hall–Kier alpha value is -1.36. The van der Waals surface area contributed by atoms with Crippen molar-refractivity contribution in [2.24, 2.45) is 7.05 Å². The largest absolute Gasteiger partial charge is 0.465 e. The number of esters is 1. The third kappa shape index (κ3) is 1.43. The Balaban J connectivity index is 2.48. The smallest absolute Gasteiger partial charge is 0.341 e. The van der Waals surface area contributed by atoms with E-state index in [9.17, 15) is 9.90 Å². The standard InChI is InChI=1S/C11H16N2O3/c1-7(14)11(4-5-11)9-8(10(15)16-3)6-12-13(9)2/h6-7,14H,4-5H2,1-3H3. The maximum Gasteiger partial charge on any atom is 0.341 e. The minimum atomic E-state index is -0.480. The van der Waals surface area contributed by atoms with E-state index in [1.54, 1.807) is 18.7 Å². The van der Waals surface area contributed by atoms with Gasteiger partial charge >= 0.3 is 5.97 Å². The van der Waals surface area contributed by atoms with Crippen LogP contribution in [0.15, 0.2) is 6.20 Å². The van der Waals surface area contributed by atoms with Crippen LogP contribution in [0.25, 0.3) is 0 Å². The molecule has 0 saturated heterocycles. The number of hydrogen-bond acceptors (Lipinski definition) is 4. The summed E-state index contributed by atoms with van der Waals surface area (Å²) in [5.41, 5.74) is 0.937. The van der Waals surface area contributed by atoms with Crippen LogP contribution in [-0.4, -0.2) is 34.1 Å². The van der Waals surface area contributed by atoms with E-state index in [1.165, 1.54) is 13.3 Å². The monoisotopic (exact) mass is 224 g/mol. The van der Waals surface area contributed by atoms with Crippen LogP contribution in [0.2, 0.25) is 0 Å². The average molecular weight is 224 g/mol. The molecule has 0 aromatic carbocycles. The lowest BCUT2D eigenvalue weighted by Gasteiger charge is -2.20. The van der Waals surface area contributed by atoms with Gasteiger partial charge in [-0.15, -0.1) is 0 Å². The van der Waals surface area contributed by atoms with Crippen molar-refractivity contribution in [2.45, 2.75) is 31.3 Å². The number of aryl methyl sites for hydroxylation is 1. The Kier molecular flexibility index (Phi) is 2.50. The number of methoxy groups -OCH3 is 1. The van der Waals surface area contributed by atoms with E-state index in [-0.39, 0.29) is 5.41 Å². The number of ether oxygens (including phenoxy) is 1. The van der Waals surface area contributed by atoms with Crippen LogP contribution in [0.1, 0.15) is 35.8 Å². The van der Waals surface area contributed by atoms with Crippen molar-refractivity contribution in [3.05, 3.63) is 17.5 Å². The Morgan fingerprint density at radius 2 is 2.31 bits per heavy atom. The number of hydrogen-bond donors (Lipinski definition) is 1. The van der Waals surface area contributed by atoms with Gasteiger partial charge in [0.25, 0.3) is 0 Å². The van der Waals surface area contributed by atoms with Crippen LogP contribution >= 0.6 is 0 Å². The van der Waals surface area contributed by atoms with Crippen LogP contribution in [-0.2, 0) is 17.2 Å². The molecule has 0 bridgehead atoms. The molecule has 5 heteroatoms. The number of rotatable bonds is 3. The number of aromatic nitrogens is 2. The Labute approximate surface area is 94.0 Å². The van der Waals surface area contributed by atoms with Crippen molar-refractivity contribution in [3.8, 4) is 0 Å². The summed E-state index contributed by atoms with van der Waals surface area (Å²) in [5, 5.41) is 13.9. The van der Waals surface area contributed by atoms with E-state index in [0.29, 0.717) is 5.56 Å². The molecule has 0 radical (unpaired) electrons. The molecule has 1 N–H and O–H groups in total. The average Bonchev–Trinajstić information content (AvgIpc) is 2.96. The Bertz CT molecular complexity index is 419. The normalized spacial score (nSPS) is 19.2. The minimum Gasteiger partial charge on any atom is -0.465 e. The molecule has 1 aromatic heterocycles. The van der Waals surface area contributed by atoms with Crippen LogP contribution < -0.4 is 0 Å². The first-order valence-electron chi connectivity index (χ1n) is 5.32. The second-order valence-corrected chi connectivity index (χ2v) is 4.35. The van der Waals surface area contributed by atoms with Gasteiger partial charge in [0, 0.05) is 12.5 Å². The summed E-state index contributed by atoms with van der Waals surface area (Å²) in [7, 11) is 3.13.